The number of aromatic nitrogens is 1. The summed E-state index contributed by atoms with van der Waals surface area (Å²) in [6.45, 7) is 7.54. The van der Waals surface area contributed by atoms with Crippen LogP contribution in [0.25, 0.3) is 16.3 Å². The maximum Gasteiger partial charge on any atom is 0.246 e. The van der Waals surface area contributed by atoms with Gasteiger partial charge in [-0.15, -0.1) is 11.3 Å². The zero-order valence-corrected chi connectivity index (χ0v) is 16.5. The molecule has 2 heterocycles. The van der Waals surface area contributed by atoms with Crippen molar-refractivity contribution in [1.29, 1.82) is 0 Å². The number of carbonyl (C=O) groups is 1. The van der Waals surface area contributed by atoms with E-state index >= 15 is 0 Å². The molecule has 0 saturated carbocycles. The van der Waals surface area contributed by atoms with Gasteiger partial charge in [0, 0.05) is 37.9 Å². The molecule has 1 aromatic heterocycles. The van der Waals surface area contributed by atoms with Crippen LogP contribution >= 0.6 is 11.3 Å². The minimum absolute atomic E-state index is 0.0647. The molecule has 3 aromatic rings. The van der Waals surface area contributed by atoms with E-state index in [9.17, 15) is 4.79 Å². The number of para-hydroxylation sites is 1. The summed E-state index contributed by atoms with van der Waals surface area (Å²) in [6.07, 6.45) is 3.50. The summed E-state index contributed by atoms with van der Waals surface area (Å²) in [6, 6.07) is 14.5. The Morgan fingerprint density at radius 3 is 2.59 bits per heavy atom. The lowest BCUT2D eigenvalue weighted by atomic mass is 10.1. The molecule has 0 N–H and O–H groups in total. The predicted octanol–water partition coefficient (Wildman–Crippen LogP) is 4.28. The summed E-state index contributed by atoms with van der Waals surface area (Å²) in [5.41, 5.74) is 4.90. The monoisotopic (exact) mass is 377 g/mol. The van der Waals surface area contributed by atoms with Gasteiger partial charge >= 0.3 is 0 Å². The molecule has 0 radical (unpaired) electrons. The van der Waals surface area contributed by atoms with Crippen molar-refractivity contribution in [3.63, 3.8) is 0 Å². The molecule has 5 heteroatoms. The van der Waals surface area contributed by atoms with Crippen LogP contribution in [0.2, 0.25) is 0 Å². The second-order valence-corrected chi connectivity index (χ2v) is 7.95. The maximum atomic E-state index is 12.5. The molecule has 0 aliphatic carbocycles. The standard InChI is InChI=1S/C22H23N3OS/c1-16-6-5-8-19(17(16)2)24-12-14-25(15-13-24)22(26)11-10-21-23-18-7-3-4-9-20(18)27-21/h3-11H,12-15H2,1-2H3. The van der Waals surface area contributed by atoms with Crippen molar-refractivity contribution in [1.82, 2.24) is 9.88 Å². The first-order valence-corrected chi connectivity index (χ1v) is 10.1. The molecule has 1 fully saturated rings. The van der Waals surface area contributed by atoms with Crippen LogP contribution < -0.4 is 4.90 Å². The highest BCUT2D eigenvalue weighted by Crippen LogP contribution is 2.24. The van der Waals surface area contributed by atoms with Crippen molar-refractivity contribution in [3.05, 3.63) is 64.7 Å². The summed E-state index contributed by atoms with van der Waals surface area (Å²) < 4.78 is 1.15. The van der Waals surface area contributed by atoms with Gasteiger partial charge in [-0.05, 0) is 49.2 Å². The molecule has 27 heavy (non-hydrogen) atoms. The number of fused-ring (bicyclic) bond motifs is 1. The normalized spacial score (nSPS) is 15.0. The van der Waals surface area contributed by atoms with Crippen LogP contribution in [0.5, 0.6) is 0 Å². The molecule has 138 valence electrons. The quantitative estimate of drug-likeness (QED) is 0.640. The molecule has 2 aromatic carbocycles. The molecule has 1 saturated heterocycles. The molecule has 1 aliphatic rings. The zero-order valence-electron chi connectivity index (χ0n) is 15.7. The van der Waals surface area contributed by atoms with E-state index in [-0.39, 0.29) is 5.91 Å². The first-order chi connectivity index (χ1) is 13.1. The Morgan fingerprint density at radius 2 is 1.81 bits per heavy atom. The highest BCUT2D eigenvalue weighted by atomic mass is 32.1. The fourth-order valence-corrected chi connectivity index (χ4v) is 4.33. The molecule has 0 unspecified atom stereocenters. The minimum atomic E-state index is 0.0647. The Balaban J connectivity index is 1.39. The van der Waals surface area contributed by atoms with Gasteiger partial charge in [-0.1, -0.05) is 24.3 Å². The largest absolute Gasteiger partial charge is 0.368 e. The second-order valence-electron chi connectivity index (χ2n) is 6.88. The van der Waals surface area contributed by atoms with Crippen molar-refractivity contribution in [2.75, 3.05) is 31.1 Å². The van der Waals surface area contributed by atoms with Crippen molar-refractivity contribution >= 4 is 39.2 Å². The molecule has 4 rings (SSSR count). The average molecular weight is 378 g/mol. The number of piperazine rings is 1. The summed E-state index contributed by atoms with van der Waals surface area (Å²) in [7, 11) is 0. The smallest absolute Gasteiger partial charge is 0.246 e. The van der Waals surface area contributed by atoms with Crippen LogP contribution in [0.3, 0.4) is 0 Å². The molecule has 1 aliphatic heterocycles. The van der Waals surface area contributed by atoms with Crippen LogP contribution in [-0.4, -0.2) is 42.0 Å². The third kappa shape index (κ3) is 3.74. The lowest BCUT2D eigenvalue weighted by Crippen LogP contribution is -2.48. The number of aryl methyl sites for hydroxylation is 1. The van der Waals surface area contributed by atoms with Crippen molar-refractivity contribution in [3.8, 4) is 0 Å². The van der Waals surface area contributed by atoms with Gasteiger partial charge in [0.1, 0.15) is 5.01 Å². The fourth-order valence-electron chi connectivity index (χ4n) is 3.46. The third-order valence-electron chi connectivity index (χ3n) is 5.19. The number of nitrogens with zero attached hydrogens (tertiary/aromatic N) is 3. The topological polar surface area (TPSA) is 36.4 Å². The Morgan fingerprint density at radius 1 is 1.04 bits per heavy atom. The minimum Gasteiger partial charge on any atom is -0.368 e. The van der Waals surface area contributed by atoms with Crippen molar-refractivity contribution in [2.24, 2.45) is 0 Å². The van der Waals surface area contributed by atoms with E-state index in [2.05, 4.69) is 48.0 Å². The number of hydrogen-bond acceptors (Lipinski definition) is 4. The molecular weight excluding hydrogens is 354 g/mol. The van der Waals surface area contributed by atoms with Gasteiger partial charge in [-0.3, -0.25) is 4.79 Å². The maximum absolute atomic E-state index is 12.5. The van der Waals surface area contributed by atoms with Gasteiger partial charge in [0.05, 0.1) is 10.2 Å². The Bertz CT molecular complexity index is 967. The molecule has 0 spiro atoms. The highest BCUT2D eigenvalue weighted by Gasteiger charge is 2.21. The van der Waals surface area contributed by atoms with E-state index in [1.54, 1.807) is 17.4 Å². The van der Waals surface area contributed by atoms with Crippen molar-refractivity contribution in [2.45, 2.75) is 13.8 Å². The number of thiazole rings is 1. The number of hydrogen-bond donors (Lipinski definition) is 0. The number of benzene rings is 2. The lowest BCUT2D eigenvalue weighted by Gasteiger charge is -2.36. The van der Waals surface area contributed by atoms with E-state index in [1.807, 2.05) is 29.2 Å². The highest BCUT2D eigenvalue weighted by molar-refractivity contribution is 7.19. The van der Waals surface area contributed by atoms with E-state index < -0.39 is 0 Å². The van der Waals surface area contributed by atoms with Gasteiger partial charge in [-0.2, -0.15) is 0 Å². The van der Waals surface area contributed by atoms with E-state index in [1.165, 1.54) is 16.8 Å². The van der Waals surface area contributed by atoms with E-state index in [0.717, 1.165) is 41.4 Å². The SMILES string of the molecule is Cc1cccc(N2CCN(C(=O)C=Cc3nc4ccccc4s3)CC2)c1C. The molecule has 0 atom stereocenters. The van der Waals surface area contributed by atoms with Gasteiger partial charge < -0.3 is 9.80 Å². The molecule has 1 amide bonds. The lowest BCUT2D eigenvalue weighted by molar-refractivity contribution is -0.126. The van der Waals surface area contributed by atoms with E-state index in [4.69, 9.17) is 0 Å². The first-order valence-electron chi connectivity index (χ1n) is 9.25. The van der Waals surface area contributed by atoms with Gasteiger partial charge in [-0.25, -0.2) is 4.98 Å². The van der Waals surface area contributed by atoms with Crippen LogP contribution in [0.1, 0.15) is 16.1 Å². The van der Waals surface area contributed by atoms with E-state index in [0.29, 0.717) is 0 Å². The summed E-state index contributed by atoms with van der Waals surface area (Å²) >= 11 is 1.61. The molecule has 4 nitrogen and oxygen atoms in total. The Kier molecular flexibility index (Phi) is 4.94. The number of anilines is 1. The molecule has 0 bridgehead atoms. The number of carbonyl (C=O) groups excluding carboxylic acids is 1. The average Bonchev–Trinajstić information content (AvgIpc) is 3.11. The van der Waals surface area contributed by atoms with Gasteiger partial charge in [0.2, 0.25) is 5.91 Å². The zero-order chi connectivity index (χ0) is 18.8. The Labute approximate surface area is 163 Å². The predicted molar refractivity (Wildman–Crippen MR) is 113 cm³/mol. The number of amides is 1. The summed E-state index contributed by atoms with van der Waals surface area (Å²) in [5, 5.41) is 0.874. The van der Waals surface area contributed by atoms with Crippen molar-refractivity contribution < 1.29 is 4.79 Å². The van der Waals surface area contributed by atoms with Crippen LogP contribution in [0, 0.1) is 13.8 Å². The Hall–Kier alpha value is -2.66. The van der Waals surface area contributed by atoms with Crippen LogP contribution in [0.4, 0.5) is 5.69 Å². The van der Waals surface area contributed by atoms with Gasteiger partial charge in [0.15, 0.2) is 0 Å². The fraction of sp³-hybridized carbons (Fsp3) is 0.273. The van der Waals surface area contributed by atoms with Gasteiger partial charge in [0.25, 0.3) is 0 Å². The van der Waals surface area contributed by atoms with Crippen LogP contribution in [-0.2, 0) is 4.79 Å². The summed E-state index contributed by atoms with van der Waals surface area (Å²) in [5.74, 6) is 0.0647. The summed E-state index contributed by atoms with van der Waals surface area (Å²) in [4.78, 5) is 21.4. The second kappa shape index (κ2) is 7.53. The third-order valence-corrected chi connectivity index (χ3v) is 6.19. The number of rotatable bonds is 3. The first kappa shape index (κ1) is 17.7. The molecular formula is C22H23N3OS. The van der Waals surface area contributed by atoms with Crippen LogP contribution in [0.15, 0.2) is 48.5 Å².